The molecule has 2 fully saturated rings. The Kier molecular flexibility index (Phi) is 7.54. The van der Waals surface area contributed by atoms with E-state index in [2.05, 4.69) is 29.5 Å². The van der Waals surface area contributed by atoms with E-state index in [1.807, 2.05) is 0 Å². The summed E-state index contributed by atoms with van der Waals surface area (Å²) in [6.45, 7) is 8.22. The van der Waals surface area contributed by atoms with Gasteiger partial charge in [0.1, 0.15) is 6.54 Å². The molecule has 2 aliphatic rings. The monoisotopic (exact) mass is 352 g/mol. The van der Waals surface area contributed by atoms with E-state index in [1.165, 1.54) is 25.7 Å². The minimum absolute atomic E-state index is 0.0142. The van der Waals surface area contributed by atoms with Crippen molar-refractivity contribution >= 4 is 11.9 Å². The van der Waals surface area contributed by atoms with Gasteiger partial charge in [0.15, 0.2) is 5.96 Å². The van der Waals surface area contributed by atoms with Crippen molar-refractivity contribution in [3.63, 3.8) is 0 Å². The zero-order valence-electron chi connectivity index (χ0n) is 16.4. The van der Waals surface area contributed by atoms with E-state index >= 15 is 0 Å². The summed E-state index contributed by atoms with van der Waals surface area (Å²) in [4.78, 5) is 17.9. The van der Waals surface area contributed by atoms with Gasteiger partial charge in [-0.1, -0.05) is 26.7 Å². The van der Waals surface area contributed by atoms with Gasteiger partial charge in [0.05, 0.1) is 6.61 Å². The lowest BCUT2D eigenvalue weighted by Gasteiger charge is -2.32. The summed E-state index contributed by atoms with van der Waals surface area (Å²) in [6.07, 6.45) is 6.45. The van der Waals surface area contributed by atoms with E-state index in [9.17, 15) is 4.79 Å². The van der Waals surface area contributed by atoms with Crippen molar-refractivity contribution in [2.24, 2.45) is 22.2 Å². The molecule has 2 N–H and O–H groups in total. The molecular weight excluding hydrogens is 316 g/mol. The van der Waals surface area contributed by atoms with Crippen molar-refractivity contribution in [3.05, 3.63) is 0 Å². The molecule has 144 valence electrons. The lowest BCUT2D eigenvalue weighted by molar-refractivity contribution is -0.127. The Hall–Kier alpha value is -1.30. The van der Waals surface area contributed by atoms with Gasteiger partial charge >= 0.3 is 0 Å². The number of guanidine groups is 1. The summed E-state index contributed by atoms with van der Waals surface area (Å²) in [6, 6.07) is 0. The van der Waals surface area contributed by atoms with Crippen molar-refractivity contribution in [2.45, 2.75) is 46.0 Å². The van der Waals surface area contributed by atoms with E-state index < -0.39 is 0 Å². The number of hydrogen-bond donors (Lipinski definition) is 2. The molecule has 1 aliphatic heterocycles. The fourth-order valence-electron chi connectivity index (χ4n) is 3.61. The molecule has 6 heteroatoms. The van der Waals surface area contributed by atoms with E-state index in [1.54, 1.807) is 19.0 Å². The zero-order chi connectivity index (χ0) is 18.3. The van der Waals surface area contributed by atoms with Crippen LogP contribution in [0, 0.1) is 17.3 Å². The van der Waals surface area contributed by atoms with E-state index in [-0.39, 0.29) is 17.9 Å². The van der Waals surface area contributed by atoms with Gasteiger partial charge in [0, 0.05) is 39.7 Å². The molecule has 1 unspecified atom stereocenters. The van der Waals surface area contributed by atoms with Crippen LogP contribution in [0.5, 0.6) is 0 Å². The second kappa shape index (κ2) is 9.41. The van der Waals surface area contributed by atoms with Crippen molar-refractivity contribution in [1.82, 2.24) is 15.5 Å². The summed E-state index contributed by atoms with van der Waals surface area (Å²) in [5.41, 5.74) is 0.237. The molecule has 0 bridgehead atoms. The number of likely N-dealkylation sites (N-methyl/N-ethyl adjacent to an activating group) is 1. The number of amides is 1. The second-order valence-electron chi connectivity index (χ2n) is 8.39. The highest BCUT2D eigenvalue weighted by Gasteiger charge is 2.31. The third-order valence-electron chi connectivity index (χ3n) is 5.63. The number of carbonyl (C=O) groups excluding carboxylic acids is 1. The Morgan fingerprint density at radius 3 is 2.52 bits per heavy atom. The Bertz CT molecular complexity index is 450. The molecule has 0 aromatic heterocycles. The molecule has 1 amide bonds. The van der Waals surface area contributed by atoms with Crippen molar-refractivity contribution < 1.29 is 9.53 Å². The molecule has 0 radical (unpaired) electrons. The maximum absolute atomic E-state index is 11.9. The average Bonchev–Trinajstić information content (AvgIpc) is 3.27. The lowest BCUT2D eigenvalue weighted by atomic mass is 9.78. The number of carbonyl (C=O) groups is 1. The predicted molar refractivity (Wildman–Crippen MR) is 102 cm³/mol. The molecule has 1 saturated carbocycles. The molecular formula is C19H36N4O2. The molecule has 0 aromatic rings. The second-order valence-corrected chi connectivity index (χ2v) is 8.39. The highest BCUT2D eigenvalue weighted by atomic mass is 16.5. The van der Waals surface area contributed by atoms with Crippen LogP contribution in [0.2, 0.25) is 0 Å². The van der Waals surface area contributed by atoms with Crippen LogP contribution >= 0.6 is 0 Å². The van der Waals surface area contributed by atoms with Crippen LogP contribution in [-0.4, -0.2) is 63.7 Å². The Morgan fingerprint density at radius 1 is 1.20 bits per heavy atom. The smallest absolute Gasteiger partial charge is 0.243 e. The summed E-state index contributed by atoms with van der Waals surface area (Å²) in [5.74, 6) is 2.06. The van der Waals surface area contributed by atoms with Crippen LogP contribution < -0.4 is 10.6 Å². The van der Waals surface area contributed by atoms with Crippen molar-refractivity contribution in [2.75, 3.05) is 46.9 Å². The first-order valence-corrected chi connectivity index (χ1v) is 9.68. The van der Waals surface area contributed by atoms with Gasteiger partial charge in [-0.2, -0.15) is 0 Å². The third-order valence-corrected chi connectivity index (χ3v) is 5.63. The largest absolute Gasteiger partial charge is 0.381 e. The lowest BCUT2D eigenvalue weighted by Crippen LogP contribution is -2.45. The maximum atomic E-state index is 11.9. The summed E-state index contributed by atoms with van der Waals surface area (Å²) in [7, 11) is 3.52. The number of nitrogens with one attached hydrogen (secondary N) is 2. The molecule has 1 saturated heterocycles. The van der Waals surface area contributed by atoms with Gasteiger partial charge in [0.2, 0.25) is 5.91 Å². The highest BCUT2D eigenvalue weighted by molar-refractivity contribution is 5.84. The quantitative estimate of drug-likeness (QED) is 0.542. The molecule has 2 rings (SSSR count). The Balaban J connectivity index is 1.89. The van der Waals surface area contributed by atoms with Crippen LogP contribution in [0.25, 0.3) is 0 Å². The Labute approximate surface area is 152 Å². The van der Waals surface area contributed by atoms with Gasteiger partial charge in [0.25, 0.3) is 0 Å². The molecule has 0 spiro atoms. The summed E-state index contributed by atoms with van der Waals surface area (Å²) >= 11 is 0. The summed E-state index contributed by atoms with van der Waals surface area (Å²) < 4.78 is 5.44. The van der Waals surface area contributed by atoms with Gasteiger partial charge in [-0.15, -0.1) is 0 Å². The minimum Gasteiger partial charge on any atom is -0.381 e. The number of nitrogens with zero attached hydrogens (tertiary/aromatic N) is 2. The summed E-state index contributed by atoms with van der Waals surface area (Å²) in [5, 5.41) is 6.89. The molecule has 6 nitrogen and oxygen atoms in total. The van der Waals surface area contributed by atoms with E-state index in [0.717, 1.165) is 44.6 Å². The van der Waals surface area contributed by atoms with Crippen LogP contribution in [0.3, 0.4) is 0 Å². The first-order valence-electron chi connectivity index (χ1n) is 9.68. The molecule has 0 aromatic carbocycles. The zero-order valence-corrected chi connectivity index (χ0v) is 16.4. The first kappa shape index (κ1) is 20.0. The number of rotatable bonds is 7. The van der Waals surface area contributed by atoms with Crippen LogP contribution in [0.15, 0.2) is 4.99 Å². The maximum Gasteiger partial charge on any atom is 0.243 e. The highest BCUT2D eigenvalue weighted by Crippen LogP contribution is 2.38. The standard InChI is InChI=1S/C19H36N4O2/c1-19(2,16-7-5-6-8-16)14-22-18(21-12-17(24)23(3)4)20-11-15-9-10-25-13-15/h15-16H,5-14H2,1-4H3,(H2,20,21,22). The SMILES string of the molecule is CN(C)C(=O)CN=C(NCC1CCOC1)NCC(C)(C)C1CCCC1. The molecule has 1 atom stereocenters. The fraction of sp³-hybridized carbons (Fsp3) is 0.895. The first-order chi connectivity index (χ1) is 11.9. The van der Waals surface area contributed by atoms with Gasteiger partial charge in [-0.3, -0.25) is 4.79 Å². The fourth-order valence-corrected chi connectivity index (χ4v) is 3.61. The van der Waals surface area contributed by atoms with E-state index in [4.69, 9.17) is 4.74 Å². The normalized spacial score (nSPS) is 22.2. The molecule has 25 heavy (non-hydrogen) atoms. The van der Waals surface area contributed by atoms with Crippen LogP contribution in [0.4, 0.5) is 0 Å². The molecule has 1 heterocycles. The van der Waals surface area contributed by atoms with Gasteiger partial charge < -0.3 is 20.3 Å². The van der Waals surface area contributed by atoms with Crippen molar-refractivity contribution in [1.29, 1.82) is 0 Å². The van der Waals surface area contributed by atoms with Crippen LogP contribution in [0.1, 0.15) is 46.0 Å². The van der Waals surface area contributed by atoms with Crippen molar-refractivity contribution in [3.8, 4) is 0 Å². The van der Waals surface area contributed by atoms with Gasteiger partial charge in [-0.05, 0) is 30.6 Å². The third kappa shape index (κ3) is 6.49. The van der Waals surface area contributed by atoms with Gasteiger partial charge in [-0.25, -0.2) is 4.99 Å². The van der Waals surface area contributed by atoms with Crippen LogP contribution in [-0.2, 0) is 9.53 Å². The number of ether oxygens (including phenoxy) is 1. The number of aliphatic imine (C=N–C) groups is 1. The predicted octanol–water partition coefficient (Wildman–Crippen LogP) is 1.86. The number of hydrogen-bond acceptors (Lipinski definition) is 3. The minimum atomic E-state index is 0.0142. The Morgan fingerprint density at radius 2 is 1.92 bits per heavy atom. The topological polar surface area (TPSA) is 66.0 Å². The van der Waals surface area contributed by atoms with E-state index in [0.29, 0.717) is 5.92 Å². The average molecular weight is 353 g/mol. The molecule has 1 aliphatic carbocycles.